The quantitative estimate of drug-likeness (QED) is 0.287. The Hall–Kier alpha value is -3.07. The minimum Gasteiger partial charge on any atom is -0.493 e. The molecule has 40 heavy (non-hydrogen) atoms. The van der Waals surface area contributed by atoms with Gasteiger partial charge < -0.3 is 23.9 Å². The zero-order chi connectivity index (χ0) is 28.6. The van der Waals surface area contributed by atoms with Gasteiger partial charge in [-0.3, -0.25) is 14.5 Å². The average molecular weight is 569 g/mol. The fourth-order valence-electron chi connectivity index (χ4n) is 4.90. The van der Waals surface area contributed by atoms with Crippen molar-refractivity contribution in [2.75, 3.05) is 67.0 Å². The topological polar surface area (TPSA) is 69.5 Å². The number of benzene rings is 2. The summed E-state index contributed by atoms with van der Waals surface area (Å²) < 4.78 is 12.3. The van der Waals surface area contributed by atoms with Gasteiger partial charge in [0.2, 0.25) is 11.8 Å². The van der Waals surface area contributed by atoms with Crippen molar-refractivity contribution in [1.29, 1.82) is 0 Å². The third kappa shape index (κ3) is 7.99. The summed E-state index contributed by atoms with van der Waals surface area (Å²) in [6.45, 7) is 8.10. The maximum absolute atomic E-state index is 11.9. The molecule has 2 aromatic carbocycles. The molecule has 216 valence electrons. The van der Waals surface area contributed by atoms with Crippen molar-refractivity contribution >= 4 is 34.4 Å². The van der Waals surface area contributed by atoms with Crippen LogP contribution < -0.4 is 4.74 Å². The summed E-state index contributed by atoms with van der Waals surface area (Å²) in [5.74, 6) is 1.66. The highest BCUT2D eigenvalue weighted by molar-refractivity contribution is 6.30. The number of halogens is 1. The monoisotopic (exact) mass is 568 g/mol. The molecule has 1 fully saturated rings. The fraction of sp³-hybridized carbons (Fsp3) is 0.484. The number of hydrogen-bond acceptors (Lipinski definition) is 6. The van der Waals surface area contributed by atoms with Crippen LogP contribution in [0.1, 0.15) is 31.9 Å². The van der Waals surface area contributed by atoms with Crippen molar-refractivity contribution in [3.8, 4) is 16.9 Å². The van der Waals surface area contributed by atoms with Gasteiger partial charge >= 0.3 is 0 Å². The lowest BCUT2D eigenvalue weighted by Gasteiger charge is -2.34. The van der Waals surface area contributed by atoms with Gasteiger partial charge in [-0.1, -0.05) is 23.7 Å². The molecule has 0 bridgehead atoms. The normalized spacial score (nSPS) is 14.4. The Morgan fingerprint density at radius 1 is 0.950 bits per heavy atom. The second-order valence-corrected chi connectivity index (χ2v) is 11.2. The van der Waals surface area contributed by atoms with Gasteiger partial charge in [-0.15, -0.1) is 0 Å². The van der Waals surface area contributed by atoms with Crippen LogP contribution in [0.3, 0.4) is 0 Å². The molecule has 0 aliphatic carbocycles. The zero-order valence-corrected chi connectivity index (χ0v) is 24.9. The van der Waals surface area contributed by atoms with Crippen molar-refractivity contribution in [1.82, 2.24) is 19.6 Å². The number of rotatable bonds is 12. The molecule has 1 aliphatic rings. The summed E-state index contributed by atoms with van der Waals surface area (Å²) in [7, 11) is 5.39. The number of carbonyl (C=O) groups is 2. The fourth-order valence-corrected chi connectivity index (χ4v) is 5.02. The number of nitrogens with zero attached hydrogens (tertiary/aromatic N) is 4. The summed E-state index contributed by atoms with van der Waals surface area (Å²) in [5.41, 5.74) is 2.70. The van der Waals surface area contributed by atoms with Crippen LogP contribution in [0.4, 0.5) is 0 Å². The molecule has 2 heterocycles. The number of unbranched alkanes of at least 4 members (excludes halogenated alkanes) is 2. The lowest BCUT2D eigenvalue weighted by molar-refractivity contribution is -0.130. The van der Waals surface area contributed by atoms with Gasteiger partial charge in [0, 0.05) is 76.3 Å². The van der Waals surface area contributed by atoms with Gasteiger partial charge in [0.15, 0.2) is 0 Å². The Morgan fingerprint density at radius 3 is 2.33 bits per heavy atom. The molecule has 1 saturated heterocycles. The number of likely N-dealkylation sites (N-methyl/N-ethyl adjacent to an activating group) is 1. The van der Waals surface area contributed by atoms with Crippen LogP contribution >= 0.6 is 11.6 Å². The molecular formula is C31H41ClN4O4. The summed E-state index contributed by atoms with van der Waals surface area (Å²) in [6.07, 6.45) is 3.22. The first-order valence-corrected chi connectivity index (χ1v) is 14.4. The van der Waals surface area contributed by atoms with E-state index in [9.17, 15) is 9.59 Å². The summed E-state index contributed by atoms with van der Waals surface area (Å²) in [4.78, 5) is 31.8. The first-order valence-electron chi connectivity index (χ1n) is 14.0. The van der Waals surface area contributed by atoms with Crippen LogP contribution in [-0.4, -0.2) is 98.4 Å². The van der Waals surface area contributed by atoms with Crippen molar-refractivity contribution in [2.45, 2.75) is 32.7 Å². The number of ether oxygens (including phenoxy) is 1. The second-order valence-electron chi connectivity index (χ2n) is 10.8. The van der Waals surface area contributed by atoms with Crippen molar-refractivity contribution in [2.24, 2.45) is 0 Å². The van der Waals surface area contributed by atoms with Crippen molar-refractivity contribution in [3.05, 3.63) is 53.2 Å². The number of fused-ring (bicyclic) bond motifs is 1. The molecule has 1 aliphatic heterocycles. The molecule has 2 amide bonds. The number of amides is 2. The predicted octanol–water partition coefficient (Wildman–Crippen LogP) is 4.99. The van der Waals surface area contributed by atoms with E-state index in [4.69, 9.17) is 20.8 Å². The minimum absolute atomic E-state index is 0.0229. The van der Waals surface area contributed by atoms with Gasteiger partial charge in [-0.05, 0) is 55.6 Å². The van der Waals surface area contributed by atoms with E-state index in [1.165, 1.54) is 0 Å². The Morgan fingerprint density at radius 2 is 1.65 bits per heavy atom. The van der Waals surface area contributed by atoms with E-state index in [0.29, 0.717) is 24.7 Å². The first-order chi connectivity index (χ1) is 19.2. The summed E-state index contributed by atoms with van der Waals surface area (Å²) in [5, 5.41) is 1.65. The SMILES string of the molecule is CC(=O)N(C)Cc1oc2cc(OCCCCCN3CCN(CC(=O)N(C)C)CC3)ccc2c1-c1ccc(Cl)cc1. The van der Waals surface area contributed by atoms with Crippen LogP contribution in [0.5, 0.6) is 5.75 Å². The van der Waals surface area contributed by atoms with Crippen LogP contribution in [0.15, 0.2) is 46.9 Å². The highest BCUT2D eigenvalue weighted by Gasteiger charge is 2.20. The molecule has 4 rings (SSSR count). The smallest absolute Gasteiger partial charge is 0.236 e. The molecule has 0 radical (unpaired) electrons. The highest BCUT2D eigenvalue weighted by atomic mass is 35.5. The molecule has 0 saturated carbocycles. The molecular weight excluding hydrogens is 528 g/mol. The van der Waals surface area contributed by atoms with Gasteiger partial charge in [0.25, 0.3) is 0 Å². The standard InChI is InChI=1S/C31H41ClN4O4/c1-23(37)34(4)21-29-31(24-8-10-25(32)11-9-24)27-13-12-26(20-28(27)40-29)39-19-7-5-6-14-35-15-17-36(18-16-35)22-30(38)33(2)3/h8-13,20H,5-7,14-19,21-22H2,1-4H3. The van der Waals surface area contributed by atoms with Crippen LogP contribution in [0.25, 0.3) is 22.1 Å². The van der Waals surface area contributed by atoms with E-state index in [1.807, 2.05) is 56.6 Å². The van der Waals surface area contributed by atoms with Gasteiger partial charge in [-0.2, -0.15) is 0 Å². The lowest BCUT2D eigenvalue weighted by Crippen LogP contribution is -2.49. The average Bonchev–Trinajstić information content (AvgIpc) is 3.28. The van der Waals surface area contributed by atoms with Crippen LogP contribution in [-0.2, 0) is 16.1 Å². The maximum atomic E-state index is 11.9. The lowest BCUT2D eigenvalue weighted by atomic mass is 10.0. The van der Waals surface area contributed by atoms with E-state index >= 15 is 0 Å². The van der Waals surface area contributed by atoms with E-state index in [0.717, 1.165) is 85.6 Å². The molecule has 3 aromatic rings. The summed E-state index contributed by atoms with van der Waals surface area (Å²) >= 11 is 6.12. The third-order valence-electron chi connectivity index (χ3n) is 7.50. The van der Waals surface area contributed by atoms with Crippen LogP contribution in [0.2, 0.25) is 5.02 Å². The largest absolute Gasteiger partial charge is 0.493 e. The van der Waals surface area contributed by atoms with E-state index in [-0.39, 0.29) is 11.8 Å². The Bertz CT molecular complexity index is 1280. The Kier molecular flexibility index (Phi) is 10.5. The number of hydrogen-bond donors (Lipinski definition) is 0. The number of piperazine rings is 1. The highest BCUT2D eigenvalue weighted by Crippen LogP contribution is 2.37. The molecule has 9 heteroatoms. The predicted molar refractivity (Wildman–Crippen MR) is 160 cm³/mol. The van der Waals surface area contributed by atoms with Crippen molar-refractivity contribution in [3.63, 3.8) is 0 Å². The zero-order valence-electron chi connectivity index (χ0n) is 24.1. The molecule has 0 atom stereocenters. The van der Waals surface area contributed by atoms with E-state index in [2.05, 4.69) is 9.80 Å². The Labute approximate surface area is 242 Å². The first kappa shape index (κ1) is 29.9. The van der Waals surface area contributed by atoms with Gasteiger partial charge in [0.05, 0.1) is 19.7 Å². The molecule has 0 spiro atoms. The van der Waals surface area contributed by atoms with E-state index in [1.54, 1.807) is 23.8 Å². The molecule has 8 nitrogen and oxygen atoms in total. The van der Waals surface area contributed by atoms with Crippen molar-refractivity contribution < 1.29 is 18.7 Å². The van der Waals surface area contributed by atoms with Crippen LogP contribution in [0, 0.1) is 0 Å². The maximum Gasteiger partial charge on any atom is 0.236 e. The van der Waals surface area contributed by atoms with Gasteiger partial charge in [0.1, 0.15) is 17.1 Å². The molecule has 0 N–H and O–H groups in total. The van der Waals surface area contributed by atoms with Gasteiger partial charge in [-0.25, -0.2) is 0 Å². The number of carbonyl (C=O) groups excluding carboxylic acids is 2. The molecule has 1 aromatic heterocycles. The minimum atomic E-state index is -0.0229. The molecule has 0 unspecified atom stereocenters. The third-order valence-corrected chi connectivity index (χ3v) is 7.75. The second kappa shape index (κ2) is 14.0. The Balaban J connectivity index is 1.27. The summed E-state index contributed by atoms with van der Waals surface area (Å²) in [6, 6.07) is 13.6. The number of furan rings is 1. The van der Waals surface area contributed by atoms with E-state index < -0.39 is 0 Å².